The van der Waals surface area contributed by atoms with Crippen LogP contribution in [0.5, 0.6) is 0 Å². The lowest BCUT2D eigenvalue weighted by atomic mass is 9.83. The van der Waals surface area contributed by atoms with Gasteiger partial charge in [-0.15, -0.1) is 0 Å². The lowest BCUT2D eigenvalue weighted by molar-refractivity contribution is -0.137. The number of nitrogens with zero attached hydrogens (tertiary/aromatic N) is 2. The van der Waals surface area contributed by atoms with Crippen LogP contribution in [0.25, 0.3) is 0 Å². The number of hydrogen-bond acceptors (Lipinski definition) is 4. The highest BCUT2D eigenvalue weighted by Crippen LogP contribution is 2.39. The molecular weight excluding hydrogens is 469 g/mol. The molecule has 31 heavy (non-hydrogen) atoms. The summed E-state index contributed by atoms with van der Waals surface area (Å²) in [4.78, 5) is 8.06. The van der Waals surface area contributed by atoms with Gasteiger partial charge in [0.2, 0.25) is 5.95 Å². The topological polar surface area (TPSA) is 49.8 Å². The lowest BCUT2D eigenvalue weighted by Crippen LogP contribution is -2.14. The number of nitrogens with one attached hydrogen (secondary N) is 2. The van der Waals surface area contributed by atoms with Crippen LogP contribution in [-0.4, -0.2) is 9.97 Å². The van der Waals surface area contributed by atoms with Crippen molar-refractivity contribution in [2.24, 2.45) is 0 Å². The molecule has 1 heterocycles. The zero-order valence-electron chi connectivity index (χ0n) is 16.7. The molecule has 0 saturated heterocycles. The molecule has 162 valence electrons. The van der Waals surface area contributed by atoms with Crippen LogP contribution in [0.1, 0.15) is 49.1 Å². The molecule has 0 spiro atoms. The molecule has 0 amide bonds. The van der Waals surface area contributed by atoms with E-state index in [0.29, 0.717) is 17.3 Å². The van der Waals surface area contributed by atoms with Crippen molar-refractivity contribution < 1.29 is 13.2 Å². The Morgan fingerprint density at radius 3 is 2.32 bits per heavy atom. The van der Waals surface area contributed by atoms with E-state index in [1.54, 1.807) is 12.1 Å². The molecule has 0 aliphatic heterocycles. The van der Waals surface area contributed by atoms with Gasteiger partial charge < -0.3 is 10.6 Å². The Morgan fingerprint density at radius 2 is 1.61 bits per heavy atom. The predicted molar refractivity (Wildman–Crippen MR) is 120 cm³/mol. The number of aromatic nitrogens is 2. The van der Waals surface area contributed by atoms with Gasteiger partial charge in [-0.25, -0.2) is 4.98 Å². The van der Waals surface area contributed by atoms with Gasteiger partial charge in [-0.05, 0) is 54.7 Å². The summed E-state index contributed by atoms with van der Waals surface area (Å²) >= 11 is 3.36. The summed E-state index contributed by atoms with van der Waals surface area (Å²) < 4.78 is 41.9. The van der Waals surface area contributed by atoms with Crippen molar-refractivity contribution in [2.45, 2.75) is 44.2 Å². The molecule has 4 rings (SSSR count). The Bertz CT molecular complexity index is 1030. The predicted octanol–water partition coefficient (Wildman–Crippen LogP) is 7.79. The molecule has 1 fully saturated rings. The van der Waals surface area contributed by atoms with Crippen LogP contribution in [0.3, 0.4) is 0 Å². The minimum atomic E-state index is -4.57. The highest BCUT2D eigenvalue weighted by molar-refractivity contribution is 9.10. The number of para-hydroxylation sites is 1. The van der Waals surface area contributed by atoms with Gasteiger partial charge in [-0.3, -0.25) is 0 Å². The van der Waals surface area contributed by atoms with Crippen LogP contribution in [-0.2, 0) is 6.18 Å². The monoisotopic (exact) mass is 490 g/mol. The molecule has 1 aliphatic carbocycles. The molecule has 8 heteroatoms. The van der Waals surface area contributed by atoms with Crippen molar-refractivity contribution in [3.8, 4) is 0 Å². The van der Waals surface area contributed by atoms with Crippen LogP contribution in [0.15, 0.2) is 59.2 Å². The minimum absolute atomic E-state index is 0.0907. The van der Waals surface area contributed by atoms with Crippen LogP contribution < -0.4 is 10.6 Å². The van der Waals surface area contributed by atoms with Crippen LogP contribution in [0.2, 0.25) is 0 Å². The lowest BCUT2D eigenvalue weighted by Gasteiger charge is -2.25. The highest BCUT2D eigenvalue weighted by atomic mass is 79.9. The van der Waals surface area contributed by atoms with Gasteiger partial charge in [-0.2, -0.15) is 18.2 Å². The van der Waals surface area contributed by atoms with Crippen molar-refractivity contribution in [2.75, 3.05) is 10.6 Å². The number of hydrogen-bond donors (Lipinski definition) is 2. The molecule has 2 aromatic carbocycles. The average molecular weight is 491 g/mol. The molecule has 0 radical (unpaired) electrons. The average Bonchev–Trinajstić information content (AvgIpc) is 2.76. The first-order valence-electron chi connectivity index (χ1n) is 10.2. The van der Waals surface area contributed by atoms with E-state index < -0.39 is 11.7 Å². The Labute approximate surface area is 187 Å². The van der Waals surface area contributed by atoms with Crippen molar-refractivity contribution in [3.63, 3.8) is 0 Å². The zero-order valence-corrected chi connectivity index (χ0v) is 18.3. The van der Waals surface area contributed by atoms with E-state index in [1.165, 1.54) is 6.42 Å². The maximum absolute atomic E-state index is 13.7. The highest BCUT2D eigenvalue weighted by Gasteiger charge is 2.35. The molecule has 0 unspecified atom stereocenters. The second-order valence-electron chi connectivity index (χ2n) is 7.63. The number of benzene rings is 2. The summed E-state index contributed by atoms with van der Waals surface area (Å²) in [5.74, 6) is 0.173. The number of rotatable bonds is 5. The maximum atomic E-state index is 13.7. The van der Waals surface area contributed by atoms with Gasteiger partial charge in [0, 0.05) is 22.0 Å². The third-order valence-electron chi connectivity index (χ3n) is 5.45. The summed E-state index contributed by atoms with van der Waals surface area (Å²) in [6, 6.07) is 14.8. The smallest absolute Gasteiger partial charge is 0.339 e. The van der Waals surface area contributed by atoms with Crippen molar-refractivity contribution in [1.82, 2.24) is 9.97 Å². The fraction of sp³-hybridized carbons (Fsp3) is 0.304. The standard InChI is InChI=1S/C23H22BrF3N4/c24-16-10-12-17(13-11-16)29-22-28-14-19(23(25,26)27)21(31-22)30-20-9-5-4-8-18(20)15-6-2-1-3-7-15/h4-5,8-15H,1-3,6-7H2,(H2,28,29,30,31). The van der Waals surface area contributed by atoms with Crippen molar-refractivity contribution in [3.05, 3.63) is 70.3 Å². The maximum Gasteiger partial charge on any atom is 0.421 e. The molecule has 1 aromatic heterocycles. The van der Waals surface area contributed by atoms with E-state index in [-0.39, 0.29) is 11.8 Å². The number of halogens is 4. The van der Waals surface area contributed by atoms with Gasteiger partial charge in [0.25, 0.3) is 0 Å². The quantitative estimate of drug-likeness (QED) is 0.383. The second-order valence-corrected chi connectivity index (χ2v) is 8.55. The van der Waals surface area contributed by atoms with E-state index in [2.05, 4.69) is 36.5 Å². The molecule has 1 aliphatic rings. The Kier molecular flexibility index (Phi) is 6.46. The first-order valence-corrected chi connectivity index (χ1v) is 11.0. The van der Waals surface area contributed by atoms with Crippen molar-refractivity contribution in [1.29, 1.82) is 0 Å². The summed E-state index contributed by atoms with van der Waals surface area (Å²) in [7, 11) is 0. The van der Waals surface area contributed by atoms with Crippen LogP contribution >= 0.6 is 15.9 Å². The van der Waals surface area contributed by atoms with Gasteiger partial charge >= 0.3 is 6.18 Å². The second kappa shape index (κ2) is 9.26. The molecule has 0 bridgehead atoms. The summed E-state index contributed by atoms with van der Waals surface area (Å²) in [6.45, 7) is 0. The first-order chi connectivity index (χ1) is 14.9. The largest absolute Gasteiger partial charge is 0.421 e. The summed E-state index contributed by atoms with van der Waals surface area (Å²) in [5, 5.41) is 5.93. The third kappa shape index (κ3) is 5.36. The van der Waals surface area contributed by atoms with Gasteiger partial charge in [0.15, 0.2) is 0 Å². The van der Waals surface area contributed by atoms with E-state index in [9.17, 15) is 13.2 Å². The normalized spacial score (nSPS) is 15.0. The van der Waals surface area contributed by atoms with Gasteiger partial charge in [0.1, 0.15) is 11.4 Å². The van der Waals surface area contributed by atoms with Crippen molar-refractivity contribution >= 4 is 39.1 Å². The molecule has 4 nitrogen and oxygen atoms in total. The minimum Gasteiger partial charge on any atom is -0.339 e. The fourth-order valence-corrected chi connectivity index (χ4v) is 4.18. The molecule has 0 atom stereocenters. The fourth-order valence-electron chi connectivity index (χ4n) is 3.92. The Balaban J connectivity index is 1.67. The van der Waals surface area contributed by atoms with E-state index in [1.807, 2.05) is 36.4 Å². The summed E-state index contributed by atoms with van der Waals surface area (Å²) in [5.41, 5.74) is 1.48. The third-order valence-corrected chi connectivity index (χ3v) is 5.98. The summed E-state index contributed by atoms with van der Waals surface area (Å²) in [6.07, 6.45) is 1.83. The number of anilines is 4. The van der Waals surface area contributed by atoms with E-state index in [4.69, 9.17) is 0 Å². The first kappa shape index (κ1) is 21.6. The molecule has 1 saturated carbocycles. The van der Waals surface area contributed by atoms with Gasteiger partial charge in [-0.1, -0.05) is 53.4 Å². The van der Waals surface area contributed by atoms with E-state index in [0.717, 1.165) is 41.9 Å². The van der Waals surface area contributed by atoms with Crippen LogP contribution in [0.4, 0.5) is 36.3 Å². The van der Waals surface area contributed by atoms with Crippen LogP contribution in [0, 0.1) is 0 Å². The Morgan fingerprint density at radius 1 is 0.903 bits per heavy atom. The molecule has 3 aromatic rings. The number of alkyl halides is 3. The molecule has 2 N–H and O–H groups in total. The van der Waals surface area contributed by atoms with E-state index >= 15 is 0 Å². The SMILES string of the molecule is FC(F)(F)c1cnc(Nc2ccc(Br)cc2)nc1Nc1ccccc1C1CCCCC1. The molecular formula is C23H22BrF3N4. The Hall–Kier alpha value is -2.61. The van der Waals surface area contributed by atoms with Gasteiger partial charge in [0.05, 0.1) is 0 Å². The zero-order chi connectivity index (χ0) is 21.8.